The van der Waals surface area contributed by atoms with Crippen LogP contribution in [0.1, 0.15) is 40.0 Å². The van der Waals surface area contributed by atoms with Gasteiger partial charge in [-0.1, -0.05) is 20.8 Å². The summed E-state index contributed by atoms with van der Waals surface area (Å²) in [7, 11) is 0. The van der Waals surface area contributed by atoms with E-state index in [2.05, 4.69) is 20.8 Å². The van der Waals surface area contributed by atoms with Crippen LogP contribution in [0.4, 0.5) is 0 Å². The average molecular weight is 152 g/mol. The molecule has 0 saturated heterocycles. The van der Waals surface area contributed by atoms with Crippen LogP contribution in [0, 0.1) is 29.6 Å². The first-order valence-corrected chi connectivity index (χ1v) is 5.18. The molecule has 0 heterocycles. The quantitative estimate of drug-likeness (QED) is 0.569. The Kier molecular flexibility index (Phi) is 1.74. The van der Waals surface area contributed by atoms with E-state index in [9.17, 15) is 0 Å². The minimum absolute atomic E-state index is 0.918. The predicted octanol–water partition coefficient (Wildman–Crippen LogP) is 3.32. The highest BCUT2D eigenvalue weighted by molar-refractivity contribution is 4.98. The molecule has 0 radical (unpaired) electrons. The Morgan fingerprint density at radius 1 is 1.18 bits per heavy atom. The van der Waals surface area contributed by atoms with E-state index in [0.717, 1.165) is 29.6 Å². The summed E-state index contributed by atoms with van der Waals surface area (Å²) in [6, 6.07) is 0. The molecule has 0 heteroatoms. The zero-order chi connectivity index (χ0) is 8.01. The van der Waals surface area contributed by atoms with Crippen LogP contribution in [0.5, 0.6) is 0 Å². The fraction of sp³-hybridized carbons (Fsp3) is 1.00. The molecule has 0 N–H and O–H groups in total. The molecule has 2 unspecified atom stereocenters. The van der Waals surface area contributed by atoms with Crippen LogP contribution in [-0.2, 0) is 0 Å². The highest BCUT2D eigenvalue weighted by atomic mass is 14.5. The van der Waals surface area contributed by atoms with Crippen molar-refractivity contribution >= 4 is 0 Å². The Balaban J connectivity index is 1.94. The molecule has 0 amide bonds. The standard InChI is InChI=1S/C11H20/c1-7(2)4-11-8(3)9-5-10(11)6-9/h7-11H,4-6H2,1-3H3. The van der Waals surface area contributed by atoms with Crippen molar-refractivity contribution in [3.05, 3.63) is 0 Å². The predicted molar refractivity (Wildman–Crippen MR) is 48.3 cm³/mol. The van der Waals surface area contributed by atoms with Gasteiger partial charge in [0.15, 0.2) is 0 Å². The molecule has 3 rings (SSSR count). The smallest absolute Gasteiger partial charge is 0.0355 e. The summed E-state index contributed by atoms with van der Waals surface area (Å²) >= 11 is 0. The van der Waals surface area contributed by atoms with E-state index in [1.165, 1.54) is 6.42 Å². The first kappa shape index (κ1) is 7.64. The van der Waals surface area contributed by atoms with Gasteiger partial charge >= 0.3 is 0 Å². The average Bonchev–Trinajstić information content (AvgIpc) is 2.16. The van der Waals surface area contributed by atoms with Crippen LogP contribution in [-0.4, -0.2) is 0 Å². The summed E-state index contributed by atoms with van der Waals surface area (Å²) in [5, 5.41) is 0. The second-order valence-electron chi connectivity index (χ2n) is 5.14. The molecule has 3 aliphatic carbocycles. The maximum absolute atomic E-state index is 2.48. The van der Waals surface area contributed by atoms with Crippen LogP contribution in [0.2, 0.25) is 0 Å². The van der Waals surface area contributed by atoms with Crippen LogP contribution in [0.25, 0.3) is 0 Å². The van der Waals surface area contributed by atoms with Gasteiger partial charge in [-0.25, -0.2) is 0 Å². The summed E-state index contributed by atoms with van der Waals surface area (Å²) in [6.45, 7) is 7.20. The van der Waals surface area contributed by atoms with Gasteiger partial charge in [-0.3, -0.25) is 0 Å². The van der Waals surface area contributed by atoms with Crippen molar-refractivity contribution in [3.8, 4) is 0 Å². The monoisotopic (exact) mass is 152 g/mol. The number of hydrogen-bond acceptors (Lipinski definition) is 0. The SMILES string of the molecule is CC(C)CC1C2CC(C2)C1C. The van der Waals surface area contributed by atoms with Crippen LogP contribution in [0.3, 0.4) is 0 Å². The lowest BCUT2D eigenvalue weighted by molar-refractivity contribution is 0.258. The van der Waals surface area contributed by atoms with Gasteiger partial charge in [-0.15, -0.1) is 0 Å². The first-order chi connectivity index (χ1) is 5.18. The van der Waals surface area contributed by atoms with Gasteiger partial charge in [0.05, 0.1) is 0 Å². The molecular weight excluding hydrogens is 132 g/mol. The van der Waals surface area contributed by atoms with E-state index in [1.807, 2.05) is 0 Å². The summed E-state index contributed by atoms with van der Waals surface area (Å²) in [5.74, 6) is 5.34. The molecule has 0 aromatic carbocycles. The first-order valence-electron chi connectivity index (χ1n) is 5.18. The Morgan fingerprint density at radius 2 is 1.82 bits per heavy atom. The second kappa shape index (κ2) is 2.50. The maximum atomic E-state index is 2.48. The van der Waals surface area contributed by atoms with Crippen molar-refractivity contribution in [2.24, 2.45) is 29.6 Å². The van der Waals surface area contributed by atoms with E-state index < -0.39 is 0 Å². The summed E-state index contributed by atoms with van der Waals surface area (Å²) < 4.78 is 0. The van der Waals surface area contributed by atoms with E-state index in [-0.39, 0.29) is 0 Å². The lowest BCUT2D eigenvalue weighted by Gasteiger charge is -2.25. The normalized spacial score (nSPS) is 48.0. The van der Waals surface area contributed by atoms with Crippen molar-refractivity contribution in [2.75, 3.05) is 0 Å². The van der Waals surface area contributed by atoms with Crippen LogP contribution in [0.15, 0.2) is 0 Å². The Labute approximate surface area is 70.4 Å². The molecule has 0 aromatic heterocycles. The Morgan fingerprint density at radius 3 is 2.18 bits per heavy atom. The molecule has 3 fully saturated rings. The highest BCUT2D eigenvalue weighted by Crippen LogP contribution is 2.57. The van der Waals surface area contributed by atoms with Crippen molar-refractivity contribution in [1.29, 1.82) is 0 Å². The molecule has 0 aliphatic heterocycles. The molecule has 11 heavy (non-hydrogen) atoms. The van der Waals surface area contributed by atoms with E-state index >= 15 is 0 Å². The van der Waals surface area contributed by atoms with Gasteiger partial charge in [-0.05, 0) is 48.9 Å². The maximum Gasteiger partial charge on any atom is -0.0355 e. The van der Waals surface area contributed by atoms with Crippen molar-refractivity contribution in [3.63, 3.8) is 0 Å². The van der Waals surface area contributed by atoms with Gasteiger partial charge in [-0.2, -0.15) is 0 Å². The summed E-state index contributed by atoms with van der Waals surface area (Å²) in [5.41, 5.74) is 0. The molecule has 2 atom stereocenters. The summed E-state index contributed by atoms with van der Waals surface area (Å²) in [6.07, 6.45) is 4.62. The van der Waals surface area contributed by atoms with Gasteiger partial charge < -0.3 is 0 Å². The summed E-state index contributed by atoms with van der Waals surface area (Å²) in [4.78, 5) is 0. The number of rotatable bonds is 2. The van der Waals surface area contributed by atoms with Crippen LogP contribution >= 0.6 is 0 Å². The minimum Gasteiger partial charge on any atom is -0.0628 e. The number of fused-ring (bicyclic) bond motifs is 1. The lowest BCUT2D eigenvalue weighted by Crippen LogP contribution is -2.15. The molecule has 3 aliphatic rings. The molecular formula is C11H20. The second-order valence-corrected chi connectivity index (χ2v) is 5.14. The van der Waals surface area contributed by atoms with Gasteiger partial charge in [0.25, 0.3) is 0 Å². The third-order valence-electron chi connectivity index (χ3n) is 3.98. The van der Waals surface area contributed by atoms with Gasteiger partial charge in [0.1, 0.15) is 0 Å². The zero-order valence-corrected chi connectivity index (χ0v) is 8.01. The van der Waals surface area contributed by atoms with E-state index in [1.54, 1.807) is 12.8 Å². The zero-order valence-electron chi connectivity index (χ0n) is 8.01. The van der Waals surface area contributed by atoms with Crippen LogP contribution < -0.4 is 0 Å². The number of hydrogen-bond donors (Lipinski definition) is 0. The molecule has 64 valence electrons. The molecule has 0 spiro atoms. The van der Waals surface area contributed by atoms with Gasteiger partial charge in [0.2, 0.25) is 0 Å². The van der Waals surface area contributed by atoms with Crippen molar-refractivity contribution < 1.29 is 0 Å². The Bertz CT molecular complexity index is 142. The third kappa shape index (κ3) is 1.11. The fourth-order valence-electron chi connectivity index (χ4n) is 3.22. The third-order valence-corrected chi connectivity index (χ3v) is 3.98. The molecule has 2 bridgehead atoms. The minimum atomic E-state index is 0.918. The van der Waals surface area contributed by atoms with Crippen molar-refractivity contribution in [2.45, 2.75) is 40.0 Å². The van der Waals surface area contributed by atoms with Gasteiger partial charge in [0, 0.05) is 0 Å². The Hall–Kier alpha value is 0. The molecule has 0 nitrogen and oxygen atoms in total. The van der Waals surface area contributed by atoms with E-state index in [4.69, 9.17) is 0 Å². The van der Waals surface area contributed by atoms with E-state index in [0.29, 0.717) is 0 Å². The van der Waals surface area contributed by atoms with Crippen molar-refractivity contribution in [1.82, 2.24) is 0 Å². The largest absolute Gasteiger partial charge is 0.0628 e. The molecule has 3 saturated carbocycles. The highest BCUT2D eigenvalue weighted by Gasteiger charge is 2.49. The topological polar surface area (TPSA) is 0 Å². The fourth-order valence-corrected chi connectivity index (χ4v) is 3.22. The molecule has 0 aromatic rings. The lowest BCUT2D eigenvalue weighted by atomic mass is 9.81.